The molecule has 3 aromatic rings. The smallest absolute Gasteiger partial charge is 0.200 e. The largest absolute Gasteiger partial charge is 0.497 e. The van der Waals surface area contributed by atoms with Gasteiger partial charge in [-0.1, -0.05) is 11.8 Å². The monoisotopic (exact) mass is 343 g/mol. The molecule has 0 N–H and O–H groups in total. The van der Waals surface area contributed by atoms with Gasteiger partial charge in [0.05, 0.1) is 18.6 Å². The van der Waals surface area contributed by atoms with Crippen LogP contribution in [0.3, 0.4) is 0 Å². The minimum absolute atomic E-state index is 0.0326. The Hall–Kier alpha value is -2.54. The molecule has 0 aliphatic carbocycles. The molecule has 0 bridgehead atoms. The quantitative estimate of drug-likeness (QED) is 0.504. The molecule has 124 valence electrons. The molecule has 7 heteroatoms. The molecule has 0 aliphatic rings. The van der Waals surface area contributed by atoms with E-state index in [0.29, 0.717) is 22.3 Å². The molecular weight excluding hydrogens is 326 g/mol. The standard InChI is InChI=1S/C17H17N3O3S/c1-11(15(21)12-6-8-13(22-3)9-7-12)24-17-19-18-16(20(17)2)14-5-4-10-23-14/h4-11H,1-3H3/t11-/m1/s1. The van der Waals surface area contributed by atoms with Gasteiger partial charge in [0.1, 0.15) is 5.75 Å². The first-order valence-electron chi connectivity index (χ1n) is 7.38. The molecule has 24 heavy (non-hydrogen) atoms. The van der Waals surface area contributed by atoms with Crippen molar-refractivity contribution in [3.63, 3.8) is 0 Å². The van der Waals surface area contributed by atoms with Crippen LogP contribution in [0.2, 0.25) is 0 Å². The highest BCUT2D eigenvalue weighted by Gasteiger charge is 2.21. The zero-order chi connectivity index (χ0) is 17.1. The van der Waals surface area contributed by atoms with Gasteiger partial charge in [0.2, 0.25) is 0 Å². The van der Waals surface area contributed by atoms with Crippen LogP contribution in [0.4, 0.5) is 0 Å². The molecule has 2 aromatic heterocycles. The van der Waals surface area contributed by atoms with Gasteiger partial charge < -0.3 is 13.7 Å². The normalized spacial score (nSPS) is 12.1. The average Bonchev–Trinajstić information content (AvgIpc) is 3.25. The number of rotatable bonds is 6. The van der Waals surface area contributed by atoms with Gasteiger partial charge in [-0.3, -0.25) is 4.79 Å². The first kappa shape index (κ1) is 16.3. The van der Waals surface area contributed by atoms with Crippen molar-refractivity contribution in [2.45, 2.75) is 17.3 Å². The second kappa shape index (κ2) is 6.92. The predicted molar refractivity (Wildman–Crippen MR) is 91.3 cm³/mol. The third-order valence-corrected chi connectivity index (χ3v) is 4.74. The Kier molecular flexibility index (Phi) is 4.71. The summed E-state index contributed by atoms with van der Waals surface area (Å²) in [7, 11) is 3.45. The van der Waals surface area contributed by atoms with Gasteiger partial charge in [-0.05, 0) is 43.3 Å². The number of carbonyl (C=O) groups is 1. The Morgan fingerprint density at radius 3 is 2.62 bits per heavy atom. The molecule has 0 unspecified atom stereocenters. The second-order valence-corrected chi connectivity index (χ2v) is 6.50. The number of Topliss-reactive ketones (excluding diaryl/α,β-unsaturated/α-hetero) is 1. The average molecular weight is 343 g/mol. The Balaban J connectivity index is 1.74. The zero-order valence-corrected chi connectivity index (χ0v) is 14.4. The van der Waals surface area contributed by atoms with Crippen molar-refractivity contribution in [3.8, 4) is 17.3 Å². The number of hydrogen-bond acceptors (Lipinski definition) is 6. The molecule has 1 atom stereocenters. The van der Waals surface area contributed by atoms with Crippen molar-refractivity contribution in [1.82, 2.24) is 14.8 Å². The summed E-state index contributed by atoms with van der Waals surface area (Å²) in [5.41, 5.74) is 0.643. The van der Waals surface area contributed by atoms with Crippen molar-refractivity contribution in [2.75, 3.05) is 7.11 Å². The minimum atomic E-state index is -0.286. The highest BCUT2D eigenvalue weighted by Crippen LogP contribution is 2.27. The van der Waals surface area contributed by atoms with E-state index in [9.17, 15) is 4.79 Å². The van der Waals surface area contributed by atoms with Crippen LogP contribution in [0.5, 0.6) is 5.75 Å². The van der Waals surface area contributed by atoms with E-state index < -0.39 is 0 Å². The van der Waals surface area contributed by atoms with Crippen molar-refractivity contribution in [3.05, 3.63) is 48.2 Å². The lowest BCUT2D eigenvalue weighted by Gasteiger charge is -2.10. The van der Waals surface area contributed by atoms with Crippen LogP contribution in [0.15, 0.2) is 52.2 Å². The summed E-state index contributed by atoms with van der Waals surface area (Å²) in [4.78, 5) is 12.6. The van der Waals surface area contributed by atoms with Gasteiger partial charge >= 0.3 is 0 Å². The predicted octanol–water partition coefficient (Wildman–Crippen LogP) is 3.45. The van der Waals surface area contributed by atoms with E-state index in [0.717, 1.165) is 5.75 Å². The minimum Gasteiger partial charge on any atom is -0.497 e. The van der Waals surface area contributed by atoms with Gasteiger partial charge in [0.15, 0.2) is 22.5 Å². The molecule has 6 nitrogen and oxygen atoms in total. The van der Waals surface area contributed by atoms with E-state index in [1.165, 1.54) is 11.8 Å². The molecular formula is C17H17N3O3S. The number of nitrogens with zero attached hydrogens (tertiary/aromatic N) is 3. The van der Waals surface area contributed by atoms with Gasteiger partial charge in [-0.15, -0.1) is 10.2 Å². The Morgan fingerprint density at radius 1 is 1.25 bits per heavy atom. The summed E-state index contributed by atoms with van der Waals surface area (Å²) >= 11 is 1.37. The van der Waals surface area contributed by atoms with E-state index in [4.69, 9.17) is 9.15 Å². The highest BCUT2D eigenvalue weighted by atomic mass is 32.2. The fourth-order valence-corrected chi connectivity index (χ4v) is 3.13. The van der Waals surface area contributed by atoms with E-state index in [1.807, 2.05) is 24.6 Å². The number of aromatic nitrogens is 3. The molecule has 0 saturated heterocycles. The molecule has 0 aliphatic heterocycles. The molecule has 3 rings (SSSR count). The Bertz CT molecular complexity index is 825. The van der Waals surface area contributed by atoms with Crippen LogP contribution in [0.1, 0.15) is 17.3 Å². The SMILES string of the molecule is COc1ccc(C(=O)[C@@H](C)Sc2nnc(-c3ccco3)n2C)cc1. The summed E-state index contributed by atoms with van der Waals surface area (Å²) in [5.74, 6) is 2.03. The van der Waals surface area contributed by atoms with Crippen LogP contribution in [-0.4, -0.2) is 32.9 Å². The second-order valence-electron chi connectivity index (χ2n) is 5.20. The molecule has 1 aromatic carbocycles. The number of benzene rings is 1. The van der Waals surface area contributed by atoms with Crippen molar-refractivity contribution >= 4 is 17.5 Å². The maximum Gasteiger partial charge on any atom is 0.200 e. The van der Waals surface area contributed by atoms with Gasteiger partial charge in [0.25, 0.3) is 0 Å². The number of carbonyl (C=O) groups excluding carboxylic acids is 1. The summed E-state index contributed by atoms with van der Waals surface area (Å²) in [5, 5.41) is 8.67. The van der Waals surface area contributed by atoms with Crippen LogP contribution < -0.4 is 4.74 Å². The molecule has 0 spiro atoms. The molecule has 0 saturated carbocycles. The first-order valence-corrected chi connectivity index (χ1v) is 8.26. The first-order chi connectivity index (χ1) is 11.6. The number of hydrogen-bond donors (Lipinski definition) is 0. The number of ether oxygens (including phenoxy) is 1. The van der Waals surface area contributed by atoms with Gasteiger partial charge in [-0.25, -0.2) is 0 Å². The Morgan fingerprint density at radius 2 is 2.00 bits per heavy atom. The van der Waals surface area contributed by atoms with Crippen LogP contribution >= 0.6 is 11.8 Å². The fourth-order valence-electron chi connectivity index (χ4n) is 2.24. The fraction of sp³-hybridized carbons (Fsp3) is 0.235. The zero-order valence-electron chi connectivity index (χ0n) is 13.6. The van der Waals surface area contributed by atoms with E-state index in [2.05, 4.69) is 10.2 Å². The summed E-state index contributed by atoms with van der Waals surface area (Å²) in [6, 6.07) is 10.7. The van der Waals surface area contributed by atoms with E-state index in [1.54, 1.807) is 43.7 Å². The lowest BCUT2D eigenvalue weighted by Crippen LogP contribution is -2.14. The Labute approximate surface area is 143 Å². The van der Waals surface area contributed by atoms with Crippen LogP contribution in [-0.2, 0) is 7.05 Å². The van der Waals surface area contributed by atoms with E-state index in [-0.39, 0.29) is 11.0 Å². The van der Waals surface area contributed by atoms with Crippen LogP contribution in [0.25, 0.3) is 11.6 Å². The number of ketones is 1. The maximum absolute atomic E-state index is 12.6. The van der Waals surface area contributed by atoms with Crippen LogP contribution in [0, 0.1) is 0 Å². The number of thioether (sulfide) groups is 1. The molecule has 0 radical (unpaired) electrons. The molecule has 0 fully saturated rings. The molecule has 0 amide bonds. The van der Waals surface area contributed by atoms with Crippen molar-refractivity contribution in [1.29, 1.82) is 0 Å². The van der Waals surface area contributed by atoms with Crippen molar-refractivity contribution in [2.24, 2.45) is 7.05 Å². The third kappa shape index (κ3) is 3.21. The number of methoxy groups -OCH3 is 1. The van der Waals surface area contributed by atoms with Crippen molar-refractivity contribution < 1.29 is 13.9 Å². The lowest BCUT2D eigenvalue weighted by atomic mass is 10.1. The van der Waals surface area contributed by atoms with E-state index >= 15 is 0 Å². The maximum atomic E-state index is 12.6. The topological polar surface area (TPSA) is 70.2 Å². The summed E-state index contributed by atoms with van der Waals surface area (Å²) in [6.07, 6.45) is 1.59. The number of furan rings is 1. The third-order valence-electron chi connectivity index (χ3n) is 3.60. The van der Waals surface area contributed by atoms with Gasteiger partial charge in [0, 0.05) is 12.6 Å². The highest BCUT2D eigenvalue weighted by molar-refractivity contribution is 8.00. The summed E-state index contributed by atoms with van der Waals surface area (Å²) < 4.78 is 12.3. The lowest BCUT2D eigenvalue weighted by molar-refractivity contribution is 0.0994. The molecule has 2 heterocycles. The van der Waals surface area contributed by atoms with Gasteiger partial charge in [-0.2, -0.15) is 0 Å². The summed E-state index contributed by atoms with van der Waals surface area (Å²) in [6.45, 7) is 1.86.